The van der Waals surface area contributed by atoms with E-state index in [2.05, 4.69) is 5.32 Å². The highest BCUT2D eigenvalue weighted by Gasteiger charge is 2.20. The first-order valence-corrected chi connectivity index (χ1v) is 6.53. The van der Waals surface area contributed by atoms with E-state index in [1.54, 1.807) is 11.3 Å². The van der Waals surface area contributed by atoms with Crippen molar-refractivity contribution in [2.24, 2.45) is 5.73 Å². The smallest absolute Gasteiger partial charge is 0.408 e. The Bertz CT molecular complexity index is 344. The lowest BCUT2D eigenvalue weighted by Crippen LogP contribution is -2.35. The van der Waals surface area contributed by atoms with Gasteiger partial charge in [-0.15, -0.1) is 11.3 Å². The van der Waals surface area contributed by atoms with Gasteiger partial charge in [-0.05, 0) is 45.2 Å². The predicted octanol–water partition coefficient (Wildman–Crippen LogP) is 2.66. The van der Waals surface area contributed by atoms with Gasteiger partial charge in [-0.1, -0.05) is 6.07 Å². The monoisotopic (exact) mass is 256 g/mol. The summed E-state index contributed by atoms with van der Waals surface area (Å²) in [5.41, 5.74) is 5.07. The zero-order chi connectivity index (χ0) is 12.9. The average molecular weight is 256 g/mol. The van der Waals surface area contributed by atoms with Gasteiger partial charge in [0.05, 0.1) is 6.04 Å². The minimum Gasteiger partial charge on any atom is -0.444 e. The molecule has 1 heterocycles. The zero-order valence-corrected chi connectivity index (χ0v) is 11.3. The van der Waals surface area contributed by atoms with E-state index in [0.29, 0.717) is 13.0 Å². The van der Waals surface area contributed by atoms with Gasteiger partial charge in [0.25, 0.3) is 0 Å². The van der Waals surface area contributed by atoms with Gasteiger partial charge < -0.3 is 15.8 Å². The largest absolute Gasteiger partial charge is 0.444 e. The molecule has 3 N–H and O–H groups in total. The van der Waals surface area contributed by atoms with Gasteiger partial charge in [0, 0.05) is 4.88 Å². The van der Waals surface area contributed by atoms with Gasteiger partial charge in [-0.2, -0.15) is 0 Å². The maximum Gasteiger partial charge on any atom is 0.408 e. The van der Waals surface area contributed by atoms with Crippen LogP contribution in [-0.2, 0) is 4.74 Å². The number of nitrogens with two attached hydrogens (primary N) is 1. The summed E-state index contributed by atoms with van der Waals surface area (Å²) in [6, 6.07) is 3.89. The molecule has 1 unspecified atom stereocenters. The first kappa shape index (κ1) is 14.0. The van der Waals surface area contributed by atoms with E-state index < -0.39 is 11.7 Å². The Hall–Kier alpha value is -1.07. The molecule has 96 valence electrons. The molecular formula is C12H20N2O2S. The molecule has 0 aliphatic rings. The Labute approximate surface area is 106 Å². The maximum atomic E-state index is 11.7. The molecule has 0 bridgehead atoms. The van der Waals surface area contributed by atoms with Crippen molar-refractivity contribution in [2.45, 2.75) is 38.8 Å². The molecule has 0 aliphatic carbocycles. The molecule has 4 nitrogen and oxygen atoms in total. The molecule has 1 rings (SSSR count). The Morgan fingerprint density at radius 1 is 1.59 bits per heavy atom. The lowest BCUT2D eigenvalue weighted by molar-refractivity contribution is 0.0502. The maximum absolute atomic E-state index is 11.7. The summed E-state index contributed by atoms with van der Waals surface area (Å²) < 4.78 is 5.23. The van der Waals surface area contributed by atoms with Crippen LogP contribution in [0.3, 0.4) is 0 Å². The van der Waals surface area contributed by atoms with Crippen LogP contribution in [0.2, 0.25) is 0 Å². The number of carbonyl (C=O) groups excluding carboxylic acids is 1. The highest BCUT2D eigenvalue weighted by atomic mass is 32.1. The number of alkyl carbamates (subject to hydrolysis) is 1. The summed E-state index contributed by atoms with van der Waals surface area (Å²) in [6.45, 7) is 6.05. The minimum atomic E-state index is -0.479. The molecule has 5 heteroatoms. The van der Waals surface area contributed by atoms with Crippen molar-refractivity contribution in [3.8, 4) is 0 Å². The molecule has 0 aromatic carbocycles. The molecule has 1 amide bonds. The lowest BCUT2D eigenvalue weighted by Gasteiger charge is -2.23. The van der Waals surface area contributed by atoms with Gasteiger partial charge in [-0.3, -0.25) is 0 Å². The van der Waals surface area contributed by atoms with Crippen molar-refractivity contribution in [2.75, 3.05) is 6.54 Å². The van der Waals surface area contributed by atoms with Crippen molar-refractivity contribution >= 4 is 17.4 Å². The molecule has 1 aromatic rings. The summed E-state index contributed by atoms with van der Waals surface area (Å²) >= 11 is 1.61. The van der Waals surface area contributed by atoms with E-state index in [1.165, 1.54) is 0 Å². The first-order valence-electron chi connectivity index (χ1n) is 5.65. The highest BCUT2D eigenvalue weighted by molar-refractivity contribution is 7.10. The molecule has 0 saturated heterocycles. The van der Waals surface area contributed by atoms with Crippen LogP contribution in [0.15, 0.2) is 17.5 Å². The fourth-order valence-electron chi connectivity index (χ4n) is 1.39. The van der Waals surface area contributed by atoms with E-state index in [4.69, 9.17) is 10.5 Å². The van der Waals surface area contributed by atoms with Crippen LogP contribution in [0, 0.1) is 0 Å². The zero-order valence-electron chi connectivity index (χ0n) is 10.5. The molecule has 1 atom stereocenters. The molecule has 0 saturated carbocycles. The second-order valence-corrected chi connectivity index (χ2v) is 5.77. The highest BCUT2D eigenvalue weighted by Crippen LogP contribution is 2.22. The second kappa shape index (κ2) is 6.02. The topological polar surface area (TPSA) is 64.3 Å². The molecule has 0 spiro atoms. The number of thiophene rings is 1. The number of rotatable bonds is 4. The third-order valence-electron chi connectivity index (χ3n) is 2.03. The summed E-state index contributed by atoms with van der Waals surface area (Å²) in [7, 11) is 0. The quantitative estimate of drug-likeness (QED) is 0.870. The number of hydrogen-bond acceptors (Lipinski definition) is 4. The molecule has 17 heavy (non-hydrogen) atoms. The van der Waals surface area contributed by atoms with E-state index >= 15 is 0 Å². The predicted molar refractivity (Wildman–Crippen MR) is 70.1 cm³/mol. The van der Waals surface area contributed by atoms with Gasteiger partial charge in [0.15, 0.2) is 0 Å². The van der Waals surface area contributed by atoms with Gasteiger partial charge >= 0.3 is 6.09 Å². The van der Waals surface area contributed by atoms with Crippen LogP contribution in [0.5, 0.6) is 0 Å². The first-order chi connectivity index (χ1) is 7.92. The fourth-order valence-corrected chi connectivity index (χ4v) is 2.20. The average Bonchev–Trinajstić information content (AvgIpc) is 2.66. The molecular weight excluding hydrogens is 236 g/mol. The normalized spacial score (nSPS) is 13.2. The molecule has 0 fully saturated rings. The number of nitrogens with one attached hydrogen (secondary N) is 1. The molecule has 1 aromatic heterocycles. The van der Waals surface area contributed by atoms with E-state index in [1.807, 2.05) is 38.3 Å². The fraction of sp³-hybridized carbons (Fsp3) is 0.583. The second-order valence-electron chi connectivity index (χ2n) is 4.79. The third-order valence-corrected chi connectivity index (χ3v) is 3.02. The number of carbonyl (C=O) groups is 1. The van der Waals surface area contributed by atoms with Crippen molar-refractivity contribution in [3.05, 3.63) is 22.4 Å². The van der Waals surface area contributed by atoms with Gasteiger partial charge in [-0.25, -0.2) is 4.79 Å². The third kappa shape index (κ3) is 5.19. The summed E-state index contributed by atoms with van der Waals surface area (Å²) in [6.07, 6.45) is 0.309. The standard InChI is InChI=1S/C12H20N2O2S/c1-12(2,3)16-11(15)14-9(6-7-13)10-5-4-8-17-10/h4-5,8-9H,6-7,13H2,1-3H3,(H,14,15). The van der Waals surface area contributed by atoms with Gasteiger partial charge in [0.1, 0.15) is 5.60 Å². The Balaban J connectivity index is 2.59. The van der Waals surface area contributed by atoms with Crippen LogP contribution in [0.25, 0.3) is 0 Å². The number of hydrogen-bond donors (Lipinski definition) is 2. The summed E-state index contributed by atoms with van der Waals surface area (Å²) in [5, 5.41) is 4.83. The van der Waals surface area contributed by atoms with Crippen molar-refractivity contribution in [1.29, 1.82) is 0 Å². The Morgan fingerprint density at radius 3 is 2.76 bits per heavy atom. The van der Waals surface area contributed by atoms with Crippen LogP contribution in [0.1, 0.15) is 38.1 Å². The lowest BCUT2D eigenvalue weighted by atomic mass is 10.1. The van der Waals surface area contributed by atoms with Crippen LogP contribution < -0.4 is 11.1 Å². The van der Waals surface area contributed by atoms with Gasteiger partial charge in [0.2, 0.25) is 0 Å². The summed E-state index contributed by atoms with van der Waals surface area (Å²) in [5.74, 6) is 0. The molecule has 0 aliphatic heterocycles. The van der Waals surface area contributed by atoms with Crippen LogP contribution >= 0.6 is 11.3 Å². The summed E-state index contributed by atoms with van der Waals surface area (Å²) in [4.78, 5) is 12.8. The van der Waals surface area contributed by atoms with Crippen LogP contribution in [-0.4, -0.2) is 18.2 Å². The van der Waals surface area contributed by atoms with E-state index in [9.17, 15) is 4.79 Å². The van der Waals surface area contributed by atoms with Crippen molar-refractivity contribution in [3.63, 3.8) is 0 Å². The SMILES string of the molecule is CC(C)(C)OC(=O)NC(CCN)c1cccs1. The Morgan fingerprint density at radius 2 is 2.29 bits per heavy atom. The van der Waals surface area contributed by atoms with Crippen molar-refractivity contribution < 1.29 is 9.53 Å². The van der Waals surface area contributed by atoms with E-state index in [-0.39, 0.29) is 6.04 Å². The Kier molecular flexibility index (Phi) is 4.96. The number of ether oxygens (including phenoxy) is 1. The number of amides is 1. The van der Waals surface area contributed by atoms with E-state index in [0.717, 1.165) is 4.88 Å². The van der Waals surface area contributed by atoms with Crippen molar-refractivity contribution in [1.82, 2.24) is 5.32 Å². The minimum absolute atomic E-state index is 0.0603. The molecule has 0 radical (unpaired) electrons. The van der Waals surface area contributed by atoms with Crippen LogP contribution in [0.4, 0.5) is 4.79 Å².